The number of amides is 1. The zero-order valence-corrected chi connectivity index (χ0v) is 12.8. The van der Waals surface area contributed by atoms with Gasteiger partial charge in [-0.3, -0.25) is 14.2 Å². The van der Waals surface area contributed by atoms with Crippen LogP contribution in [0, 0.1) is 6.92 Å². The molecule has 1 aliphatic rings. The fourth-order valence-corrected chi connectivity index (χ4v) is 2.56. The number of imidazole rings is 1. The molecule has 3 heterocycles. The predicted molar refractivity (Wildman–Crippen MR) is 80.8 cm³/mol. The minimum Gasteiger partial charge on any atom is -0.505 e. The van der Waals surface area contributed by atoms with Gasteiger partial charge < -0.3 is 10.1 Å². The van der Waals surface area contributed by atoms with Crippen molar-refractivity contribution in [1.29, 1.82) is 0 Å². The Morgan fingerprint density at radius 1 is 1.36 bits per heavy atom. The molecule has 2 aromatic rings. The van der Waals surface area contributed by atoms with E-state index < -0.39 is 0 Å². The third kappa shape index (κ3) is 2.25. The number of hydrazone groups is 1. The van der Waals surface area contributed by atoms with Crippen LogP contribution in [0.4, 0.5) is 0 Å². The van der Waals surface area contributed by atoms with Crippen molar-refractivity contribution in [1.82, 2.24) is 19.5 Å². The molecule has 2 N–H and O–H groups in total. The van der Waals surface area contributed by atoms with Gasteiger partial charge in [0.1, 0.15) is 23.1 Å². The molecule has 0 aliphatic carbocycles. The predicted octanol–water partition coefficient (Wildman–Crippen LogP) is 0.950. The lowest BCUT2D eigenvalue weighted by atomic mass is 10.2. The fourth-order valence-electron chi connectivity index (χ4n) is 2.37. The number of nitrogens with one attached hydrogen (secondary N) is 1. The van der Waals surface area contributed by atoms with E-state index in [2.05, 4.69) is 15.1 Å². The summed E-state index contributed by atoms with van der Waals surface area (Å²) >= 11 is 5.85. The quantitative estimate of drug-likeness (QED) is 0.858. The summed E-state index contributed by atoms with van der Waals surface area (Å²) in [6, 6.07) is 0. The maximum absolute atomic E-state index is 11.9. The summed E-state index contributed by atoms with van der Waals surface area (Å²) in [6.07, 6.45) is 0.733. The SMILES string of the molecule is Cc1c(O)c2[nH]c(CN3N=C(Cl)CCC3=O)nc2n(C)c1=O. The molecule has 0 spiro atoms. The third-order valence-electron chi connectivity index (χ3n) is 3.63. The third-order valence-corrected chi connectivity index (χ3v) is 3.90. The normalized spacial score (nSPS) is 15.5. The summed E-state index contributed by atoms with van der Waals surface area (Å²) < 4.78 is 1.35. The standard InChI is InChI=1S/C13H14ClN5O3/c1-6-11(21)10-12(18(2)13(6)22)16-8(15-10)5-19-9(20)4-3-7(14)17-19/h21H,3-5H2,1-2H3,(H,15,16). The summed E-state index contributed by atoms with van der Waals surface area (Å²) in [5, 5.41) is 15.6. The molecule has 3 rings (SSSR count). The van der Waals surface area contributed by atoms with Crippen LogP contribution in [0.5, 0.6) is 5.75 Å². The highest BCUT2D eigenvalue weighted by Crippen LogP contribution is 2.24. The van der Waals surface area contributed by atoms with Gasteiger partial charge in [-0.05, 0) is 6.92 Å². The molecule has 0 unspecified atom stereocenters. The molecule has 1 amide bonds. The smallest absolute Gasteiger partial charge is 0.258 e. The van der Waals surface area contributed by atoms with E-state index >= 15 is 0 Å². The van der Waals surface area contributed by atoms with Crippen molar-refractivity contribution in [2.45, 2.75) is 26.3 Å². The number of halogens is 1. The Balaban J connectivity index is 2.05. The van der Waals surface area contributed by atoms with Crippen LogP contribution in [0.15, 0.2) is 9.90 Å². The van der Waals surface area contributed by atoms with Gasteiger partial charge >= 0.3 is 0 Å². The Morgan fingerprint density at radius 2 is 2.09 bits per heavy atom. The first kappa shape index (κ1) is 14.6. The number of carbonyl (C=O) groups is 1. The number of nitrogens with zero attached hydrogens (tertiary/aromatic N) is 4. The lowest BCUT2D eigenvalue weighted by Crippen LogP contribution is -2.30. The van der Waals surface area contributed by atoms with E-state index in [0.717, 1.165) is 0 Å². The van der Waals surface area contributed by atoms with Gasteiger partial charge in [0.25, 0.3) is 5.56 Å². The Labute approximate surface area is 130 Å². The van der Waals surface area contributed by atoms with E-state index in [4.69, 9.17) is 11.6 Å². The second kappa shape index (κ2) is 5.13. The highest BCUT2D eigenvalue weighted by Gasteiger charge is 2.22. The maximum Gasteiger partial charge on any atom is 0.258 e. The van der Waals surface area contributed by atoms with Crippen LogP contribution in [0.25, 0.3) is 11.2 Å². The zero-order valence-electron chi connectivity index (χ0n) is 12.1. The van der Waals surface area contributed by atoms with Crippen LogP contribution in [0.2, 0.25) is 0 Å². The molecule has 0 radical (unpaired) electrons. The molecule has 9 heteroatoms. The number of aryl methyl sites for hydroxylation is 1. The molecule has 116 valence electrons. The maximum atomic E-state index is 11.9. The number of aromatic nitrogens is 3. The van der Waals surface area contributed by atoms with Gasteiger partial charge in [-0.25, -0.2) is 9.99 Å². The van der Waals surface area contributed by atoms with Crippen molar-refractivity contribution in [2.75, 3.05) is 0 Å². The van der Waals surface area contributed by atoms with Crippen molar-refractivity contribution >= 4 is 33.8 Å². The Bertz CT molecular complexity index is 867. The molecule has 1 aliphatic heterocycles. The Hall–Kier alpha value is -2.35. The van der Waals surface area contributed by atoms with Crippen LogP contribution in [0.1, 0.15) is 24.2 Å². The van der Waals surface area contributed by atoms with Crippen molar-refractivity contribution in [3.63, 3.8) is 0 Å². The van der Waals surface area contributed by atoms with Gasteiger partial charge in [0.15, 0.2) is 11.4 Å². The Kier molecular flexibility index (Phi) is 3.40. The van der Waals surface area contributed by atoms with Gasteiger partial charge in [0.2, 0.25) is 5.91 Å². The number of aromatic hydroxyl groups is 1. The van der Waals surface area contributed by atoms with Crippen molar-refractivity contribution < 1.29 is 9.90 Å². The van der Waals surface area contributed by atoms with Crippen LogP contribution in [0.3, 0.4) is 0 Å². The number of hydrogen-bond donors (Lipinski definition) is 2. The first-order valence-electron chi connectivity index (χ1n) is 6.69. The average Bonchev–Trinajstić information content (AvgIpc) is 2.91. The second-order valence-electron chi connectivity index (χ2n) is 5.15. The van der Waals surface area contributed by atoms with Gasteiger partial charge in [-0.2, -0.15) is 5.10 Å². The highest BCUT2D eigenvalue weighted by atomic mass is 35.5. The van der Waals surface area contributed by atoms with Crippen molar-refractivity contribution in [3.05, 3.63) is 21.7 Å². The molecule has 0 saturated carbocycles. The molecule has 22 heavy (non-hydrogen) atoms. The summed E-state index contributed by atoms with van der Waals surface area (Å²) in [4.78, 5) is 31.0. The van der Waals surface area contributed by atoms with Crippen molar-refractivity contribution in [3.8, 4) is 5.75 Å². The molecule has 8 nitrogen and oxygen atoms in total. The monoisotopic (exact) mass is 323 g/mol. The van der Waals surface area contributed by atoms with Gasteiger partial charge in [-0.15, -0.1) is 0 Å². The summed E-state index contributed by atoms with van der Waals surface area (Å²) in [5.74, 6) is 0.122. The number of aromatic amines is 1. The number of H-pyrrole nitrogens is 1. The Morgan fingerprint density at radius 3 is 2.82 bits per heavy atom. The van der Waals surface area contributed by atoms with Gasteiger partial charge in [0, 0.05) is 19.9 Å². The lowest BCUT2D eigenvalue weighted by molar-refractivity contribution is -0.132. The minimum absolute atomic E-state index is 0.0937. The number of rotatable bonds is 2. The van der Waals surface area contributed by atoms with E-state index in [9.17, 15) is 14.7 Å². The number of fused-ring (bicyclic) bond motifs is 1. The molecule has 2 aromatic heterocycles. The van der Waals surface area contributed by atoms with Crippen LogP contribution in [-0.4, -0.2) is 35.7 Å². The lowest BCUT2D eigenvalue weighted by Gasteiger charge is -2.20. The van der Waals surface area contributed by atoms with Crippen molar-refractivity contribution in [2.24, 2.45) is 12.1 Å². The first-order chi connectivity index (χ1) is 10.4. The fraction of sp³-hybridized carbons (Fsp3) is 0.385. The molecule has 0 fully saturated rings. The van der Waals surface area contributed by atoms with Crippen LogP contribution in [-0.2, 0) is 18.4 Å². The summed E-state index contributed by atoms with van der Waals surface area (Å²) in [7, 11) is 1.57. The van der Waals surface area contributed by atoms with Gasteiger partial charge in [-0.1, -0.05) is 11.6 Å². The van der Waals surface area contributed by atoms with E-state index in [1.807, 2.05) is 0 Å². The van der Waals surface area contributed by atoms with Gasteiger partial charge in [0.05, 0.1) is 5.56 Å². The minimum atomic E-state index is -0.321. The number of carbonyl (C=O) groups excluding carboxylic acids is 1. The van der Waals surface area contributed by atoms with Crippen LogP contribution >= 0.6 is 11.6 Å². The summed E-state index contributed by atoms with van der Waals surface area (Å²) in [5.41, 5.74) is 0.593. The molecular weight excluding hydrogens is 310 g/mol. The molecule has 0 saturated heterocycles. The molecule has 0 aromatic carbocycles. The number of hydrogen-bond acceptors (Lipinski definition) is 5. The molecule has 0 atom stereocenters. The number of pyridine rings is 1. The van der Waals surface area contributed by atoms with E-state index in [1.54, 1.807) is 7.05 Å². The van der Waals surface area contributed by atoms with Crippen LogP contribution < -0.4 is 5.56 Å². The second-order valence-corrected chi connectivity index (χ2v) is 5.58. The topological polar surface area (TPSA) is 104 Å². The summed E-state index contributed by atoms with van der Waals surface area (Å²) in [6.45, 7) is 1.63. The molecular formula is C13H14ClN5O3. The zero-order chi connectivity index (χ0) is 16.0. The molecule has 0 bridgehead atoms. The average molecular weight is 324 g/mol. The highest BCUT2D eigenvalue weighted by molar-refractivity contribution is 6.65. The van der Waals surface area contributed by atoms with E-state index in [-0.39, 0.29) is 29.3 Å². The largest absolute Gasteiger partial charge is 0.505 e. The van der Waals surface area contributed by atoms with E-state index in [0.29, 0.717) is 35.0 Å². The first-order valence-corrected chi connectivity index (χ1v) is 7.06. The van der Waals surface area contributed by atoms with E-state index in [1.165, 1.54) is 16.5 Å².